The predicted molar refractivity (Wildman–Crippen MR) is 70.1 cm³/mol. The van der Waals surface area contributed by atoms with Crippen LogP contribution in [0.4, 0.5) is 0 Å². The highest BCUT2D eigenvalue weighted by Gasteiger charge is 2.23. The molecule has 18 heavy (non-hydrogen) atoms. The van der Waals surface area contributed by atoms with E-state index in [0.29, 0.717) is 0 Å². The molecule has 5 nitrogen and oxygen atoms in total. The van der Waals surface area contributed by atoms with Crippen molar-refractivity contribution < 1.29 is 4.79 Å². The van der Waals surface area contributed by atoms with Gasteiger partial charge < -0.3 is 11.1 Å². The number of aryl methyl sites for hydroxylation is 2. The Hall–Kier alpha value is -1.36. The summed E-state index contributed by atoms with van der Waals surface area (Å²) >= 11 is 0. The van der Waals surface area contributed by atoms with Crippen molar-refractivity contribution in [3.8, 4) is 0 Å². The molecule has 1 saturated carbocycles. The van der Waals surface area contributed by atoms with Crippen molar-refractivity contribution in [1.29, 1.82) is 0 Å². The SMILES string of the molecule is Cc1cc(C)n(CC(=O)NC2CCCCC2N)n1. The van der Waals surface area contributed by atoms with Crippen LogP contribution in [0.5, 0.6) is 0 Å². The van der Waals surface area contributed by atoms with E-state index in [9.17, 15) is 4.79 Å². The summed E-state index contributed by atoms with van der Waals surface area (Å²) in [7, 11) is 0. The third kappa shape index (κ3) is 3.10. The van der Waals surface area contributed by atoms with Gasteiger partial charge in [-0.3, -0.25) is 9.48 Å². The summed E-state index contributed by atoms with van der Waals surface area (Å²) in [6.45, 7) is 4.17. The molecule has 1 aliphatic rings. The Kier molecular flexibility index (Phi) is 4.01. The molecule has 0 spiro atoms. The maximum atomic E-state index is 12.0. The predicted octanol–water partition coefficient (Wildman–Crippen LogP) is 0.886. The third-order valence-corrected chi connectivity index (χ3v) is 3.56. The van der Waals surface area contributed by atoms with E-state index >= 15 is 0 Å². The van der Waals surface area contributed by atoms with Gasteiger partial charge in [0, 0.05) is 17.8 Å². The Morgan fingerprint density at radius 2 is 2.22 bits per heavy atom. The van der Waals surface area contributed by atoms with Gasteiger partial charge in [-0.25, -0.2) is 0 Å². The van der Waals surface area contributed by atoms with Gasteiger partial charge in [0.05, 0.1) is 5.69 Å². The highest BCUT2D eigenvalue weighted by Crippen LogP contribution is 2.16. The quantitative estimate of drug-likeness (QED) is 0.836. The lowest BCUT2D eigenvalue weighted by Gasteiger charge is -2.29. The molecular formula is C13H22N4O. The van der Waals surface area contributed by atoms with Crippen LogP contribution < -0.4 is 11.1 Å². The molecule has 1 amide bonds. The van der Waals surface area contributed by atoms with Gasteiger partial charge in [0.1, 0.15) is 6.54 Å². The Balaban J connectivity index is 1.90. The number of nitrogens with two attached hydrogens (primary N) is 1. The van der Waals surface area contributed by atoms with Crippen molar-refractivity contribution in [3.63, 3.8) is 0 Å². The number of carbonyl (C=O) groups excluding carboxylic acids is 1. The first kappa shape index (κ1) is 13.1. The molecule has 0 saturated heterocycles. The average Bonchev–Trinajstić information content (AvgIpc) is 2.61. The van der Waals surface area contributed by atoms with E-state index in [2.05, 4.69) is 10.4 Å². The van der Waals surface area contributed by atoms with E-state index in [4.69, 9.17) is 5.73 Å². The minimum absolute atomic E-state index is 0.00329. The van der Waals surface area contributed by atoms with E-state index in [1.165, 1.54) is 6.42 Å². The van der Waals surface area contributed by atoms with Crippen molar-refractivity contribution in [3.05, 3.63) is 17.5 Å². The standard InChI is InChI=1S/C13H22N4O/c1-9-7-10(2)17(16-9)8-13(18)15-12-6-4-3-5-11(12)14/h7,11-12H,3-6,8,14H2,1-2H3,(H,15,18). The zero-order valence-electron chi connectivity index (χ0n) is 11.1. The van der Waals surface area contributed by atoms with Gasteiger partial charge in [-0.15, -0.1) is 0 Å². The van der Waals surface area contributed by atoms with Gasteiger partial charge in [0.2, 0.25) is 5.91 Å². The monoisotopic (exact) mass is 250 g/mol. The van der Waals surface area contributed by atoms with Crippen LogP contribution in [0.3, 0.4) is 0 Å². The van der Waals surface area contributed by atoms with E-state index in [0.717, 1.165) is 30.7 Å². The number of aromatic nitrogens is 2. The first-order valence-electron chi connectivity index (χ1n) is 6.62. The number of nitrogens with one attached hydrogen (secondary N) is 1. The summed E-state index contributed by atoms with van der Waals surface area (Å²) in [4.78, 5) is 12.0. The Labute approximate surface area is 108 Å². The van der Waals surface area contributed by atoms with Crippen molar-refractivity contribution >= 4 is 5.91 Å². The summed E-state index contributed by atoms with van der Waals surface area (Å²) < 4.78 is 1.74. The van der Waals surface area contributed by atoms with Gasteiger partial charge in [-0.05, 0) is 32.8 Å². The molecule has 0 aliphatic heterocycles. The minimum Gasteiger partial charge on any atom is -0.350 e. The number of carbonyl (C=O) groups is 1. The summed E-state index contributed by atoms with van der Waals surface area (Å²) in [5.41, 5.74) is 7.97. The summed E-state index contributed by atoms with van der Waals surface area (Å²) in [5, 5.41) is 7.32. The fourth-order valence-corrected chi connectivity index (χ4v) is 2.56. The largest absolute Gasteiger partial charge is 0.350 e. The second kappa shape index (κ2) is 5.52. The van der Waals surface area contributed by atoms with Crippen molar-refractivity contribution in [2.45, 2.75) is 58.2 Å². The van der Waals surface area contributed by atoms with Crippen molar-refractivity contribution in [2.75, 3.05) is 0 Å². The molecule has 0 bridgehead atoms. The first-order valence-corrected chi connectivity index (χ1v) is 6.62. The molecule has 2 atom stereocenters. The number of amides is 1. The Morgan fingerprint density at radius 1 is 1.50 bits per heavy atom. The minimum atomic E-state index is 0.00329. The molecule has 1 heterocycles. The molecule has 1 fully saturated rings. The lowest BCUT2D eigenvalue weighted by atomic mass is 9.91. The van der Waals surface area contributed by atoms with Crippen LogP contribution in [-0.4, -0.2) is 27.8 Å². The molecular weight excluding hydrogens is 228 g/mol. The van der Waals surface area contributed by atoms with E-state index < -0.39 is 0 Å². The number of hydrogen-bond acceptors (Lipinski definition) is 3. The fourth-order valence-electron chi connectivity index (χ4n) is 2.56. The molecule has 2 rings (SSSR count). The highest BCUT2D eigenvalue weighted by atomic mass is 16.2. The van der Waals surface area contributed by atoms with Crippen molar-refractivity contribution in [1.82, 2.24) is 15.1 Å². The zero-order chi connectivity index (χ0) is 13.1. The normalized spacial score (nSPS) is 23.9. The van der Waals surface area contributed by atoms with Gasteiger partial charge in [0.25, 0.3) is 0 Å². The van der Waals surface area contributed by atoms with Crippen LogP contribution in [0, 0.1) is 13.8 Å². The van der Waals surface area contributed by atoms with Crippen LogP contribution >= 0.6 is 0 Å². The first-order chi connectivity index (χ1) is 8.56. The van der Waals surface area contributed by atoms with Gasteiger partial charge in [-0.2, -0.15) is 5.10 Å². The Morgan fingerprint density at radius 3 is 2.83 bits per heavy atom. The number of nitrogens with zero attached hydrogens (tertiary/aromatic N) is 2. The molecule has 0 radical (unpaired) electrons. The van der Waals surface area contributed by atoms with Crippen LogP contribution in [0.15, 0.2) is 6.07 Å². The summed E-state index contributed by atoms with van der Waals surface area (Å²) in [5.74, 6) is 0.00329. The van der Waals surface area contributed by atoms with E-state index in [1.807, 2.05) is 19.9 Å². The molecule has 0 aromatic carbocycles. The summed E-state index contributed by atoms with van der Waals surface area (Å²) in [6.07, 6.45) is 4.32. The fraction of sp³-hybridized carbons (Fsp3) is 0.692. The second-order valence-corrected chi connectivity index (χ2v) is 5.21. The van der Waals surface area contributed by atoms with Crippen molar-refractivity contribution in [2.24, 2.45) is 5.73 Å². The average molecular weight is 250 g/mol. The lowest BCUT2D eigenvalue weighted by molar-refractivity contribution is -0.122. The van der Waals surface area contributed by atoms with Gasteiger partial charge >= 0.3 is 0 Å². The maximum Gasteiger partial charge on any atom is 0.242 e. The molecule has 2 unspecified atom stereocenters. The Bertz CT molecular complexity index is 427. The lowest BCUT2D eigenvalue weighted by Crippen LogP contribution is -2.50. The smallest absolute Gasteiger partial charge is 0.242 e. The second-order valence-electron chi connectivity index (χ2n) is 5.21. The van der Waals surface area contributed by atoms with Gasteiger partial charge in [-0.1, -0.05) is 12.8 Å². The van der Waals surface area contributed by atoms with Crippen LogP contribution in [0.25, 0.3) is 0 Å². The van der Waals surface area contributed by atoms with Crippen LogP contribution in [0.2, 0.25) is 0 Å². The third-order valence-electron chi connectivity index (χ3n) is 3.56. The molecule has 1 aromatic rings. The van der Waals surface area contributed by atoms with Crippen LogP contribution in [-0.2, 0) is 11.3 Å². The summed E-state index contributed by atoms with van der Waals surface area (Å²) in [6, 6.07) is 2.20. The topological polar surface area (TPSA) is 72.9 Å². The molecule has 3 N–H and O–H groups in total. The molecule has 1 aromatic heterocycles. The van der Waals surface area contributed by atoms with E-state index in [1.54, 1.807) is 4.68 Å². The van der Waals surface area contributed by atoms with E-state index in [-0.39, 0.29) is 24.5 Å². The molecule has 100 valence electrons. The number of rotatable bonds is 3. The molecule has 1 aliphatic carbocycles. The van der Waals surface area contributed by atoms with Crippen LogP contribution in [0.1, 0.15) is 37.1 Å². The number of hydrogen-bond donors (Lipinski definition) is 2. The van der Waals surface area contributed by atoms with Gasteiger partial charge in [0.15, 0.2) is 0 Å². The maximum absolute atomic E-state index is 12.0. The molecule has 5 heteroatoms. The highest BCUT2D eigenvalue weighted by molar-refractivity contribution is 5.76. The zero-order valence-corrected chi connectivity index (χ0v) is 11.1.